The highest BCUT2D eigenvalue weighted by molar-refractivity contribution is 6.30. The summed E-state index contributed by atoms with van der Waals surface area (Å²) >= 11 is 5.96. The van der Waals surface area contributed by atoms with Crippen molar-refractivity contribution in [2.45, 2.75) is 26.0 Å². The predicted octanol–water partition coefficient (Wildman–Crippen LogP) is 5.68. The average Bonchev–Trinajstić information content (AvgIpc) is 2.73. The van der Waals surface area contributed by atoms with Crippen LogP contribution in [0.4, 0.5) is 0 Å². The molecule has 0 radical (unpaired) electrons. The van der Waals surface area contributed by atoms with E-state index in [4.69, 9.17) is 16.3 Å². The largest absolute Gasteiger partial charge is 0.486 e. The van der Waals surface area contributed by atoms with Gasteiger partial charge >= 0.3 is 0 Å². The third kappa shape index (κ3) is 3.90. The van der Waals surface area contributed by atoms with Crippen LogP contribution in [0.3, 0.4) is 0 Å². The minimum absolute atomic E-state index is 0.0500. The Labute approximate surface area is 170 Å². The van der Waals surface area contributed by atoms with Gasteiger partial charge in [-0.25, -0.2) is 0 Å². The van der Waals surface area contributed by atoms with E-state index in [1.165, 1.54) is 0 Å². The van der Waals surface area contributed by atoms with Crippen molar-refractivity contribution >= 4 is 17.5 Å². The molecule has 0 fully saturated rings. The van der Waals surface area contributed by atoms with Crippen LogP contribution in [0.25, 0.3) is 0 Å². The van der Waals surface area contributed by atoms with E-state index in [1.54, 1.807) is 0 Å². The Bertz CT molecular complexity index is 970. The standard InChI is InChI=1S/C24H22ClNO2/c1-17(19-6-3-2-4-7-19)28-23-9-5-8-22-21(23)14-15-26(24(22)27)16-18-10-12-20(25)13-11-18/h2-13,17H,14-16H2,1H3/t17-/m0/s1. The number of carbonyl (C=O) groups excluding carboxylic acids is 1. The molecule has 28 heavy (non-hydrogen) atoms. The highest BCUT2D eigenvalue weighted by atomic mass is 35.5. The van der Waals surface area contributed by atoms with Gasteiger partial charge in [-0.05, 0) is 48.7 Å². The normalized spacial score (nSPS) is 14.5. The van der Waals surface area contributed by atoms with Crippen molar-refractivity contribution in [3.05, 3.63) is 100 Å². The quantitative estimate of drug-likeness (QED) is 0.560. The van der Waals surface area contributed by atoms with Crippen LogP contribution in [0.2, 0.25) is 5.02 Å². The van der Waals surface area contributed by atoms with Crippen LogP contribution in [-0.4, -0.2) is 17.4 Å². The zero-order chi connectivity index (χ0) is 19.5. The van der Waals surface area contributed by atoms with Gasteiger partial charge in [-0.2, -0.15) is 0 Å². The van der Waals surface area contributed by atoms with Gasteiger partial charge in [0.2, 0.25) is 0 Å². The lowest BCUT2D eigenvalue weighted by Crippen LogP contribution is -2.37. The lowest BCUT2D eigenvalue weighted by Gasteiger charge is -2.30. The van der Waals surface area contributed by atoms with E-state index in [1.807, 2.05) is 72.5 Å². The molecule has 0 bridgehead atoms. The third-order valence-electron chi connectivity index (χ3n) is 5.14. The van der Waals surface area contributed by atoms with E-state index in [2.05, 4.69) is 12.1 Å². The van der Waals surface area contributed by atoms with E-state index >= 15 is 0 Å². The van der Waals surface area contributed by atoms with Gasteiger partial charge in [-0.1, -0.05) is 60.1 Å². The summed E-state index contributed by atoms with van der Waals surface area (Å²) in [6.07, 6.45) is 0.710. The average molecular weight is 392 g/mol. The second-order valence-corrected chi connectivity index (χ2v) is 7.49. The first-order chi connectivity index (χ1) is 13.6. The summed E-state index contributed by atoms with van der Waals surface area (Å²) < 4.78 is 6.23. The maximum atomic E-state index is 13.0. The molecule has 4 rings (SSSR count). The van der Waals surface area contributed by atoms with E-state index in [0.29, 0.717) is 18.1 Å². The molecule has 3 nitrogen and oxygen atoms in total. The number of ether oxygens (including phenoxy) is 1. The fourth-order valence-electron chi connectivity index (χ4n) is 3.60. The summed E-state index contributed by atoms with van der Waals surface area (Å²) in [5.74, 6) is 0.849. The summed E-state index contributed by atoms with van der Waals surface area (Å²) in [7, 11) is 0. The zero-order valence-electron chi connectivity index (χ0n) is 15.8. The summed E-state index contributed by atoms with van der Waals surface area (Å²) in [6, 6.07) is 23.5. The van der Waals surface area contributed by atoms with Gasteiger partial charge < -0.3 is 9.64 Å². The number of benzene rings is 3. The molecule has 1 aliphatic rings. The van der Waals surface area contributed by atoms with Crippen molar-refractivity contribution in [2.75, 3.05) is 6.54 Å². The van der Waals surface area contributed by atoms with Crippen molar-refractivity contribution in [3.63, 3.8) is 0 Å². The van der Waals surface area contributed by atoms with Gasteiger partial charge in [0.25, 0.3) is 5.91 Å². The van der Waals surface area contributed by atoms with Crippen LogP contribution in [0.1, 0.15) is 40.1 Å². The Hall–Kier alpha value is -2.78. The molecule has 0 aliphatic carbocycles. The molecular formula is C24H22ClNO2. The molecule has 0 unspecified atom stereocenters. The van der Waals surface area contributed by atoms with Crippen molar-refractivity contribution in [1.29, 1.82) is 0 Å². The van der Waals surface area contributed by atoms with Gasteiger partial charge in [0.1, 0.15) is 11.9 Å². The van der Waals surface area contributed by atoms with Crippen LogP contribution >= 0.6 is 11.6 Å². The Morgan fingerprint density at radius 1 is 1.00 bits per heavy atom. The maximum Gasteiger partial charge on any atom is 0.254 e. The molecule has 3 aromatic rings. The Morgan fingerprint density at radius 3 is 2.50 bits per heavy atom. The van der Waals surface area contributed by atoms with Gasteiger partial charge in [-0.15, -0.1) is 0 Å². The highest BCUT2D eigenvalue weighted by Crippen LogP contribution is 2.32. The number of rotatable bonds is 5. The molecule has 1 atom stereocenters. The molecule has 142 valence electrons. The minimum Gasteiger partial charge on any atom is -0.486 e. The van der Waals surface area contributed by atoms with Crippen LogP contribution in [0, 0.1) is 0 Å². The minimum atomic E-state index is -0.0742. The van der Waals surface area contributed by atoms with Crippen LogP contribution in [0.15, 0.2) is 72.8 Å². The van der Waals surface area contributed by atoms with E-state index in [9.17, 15) is 4.79 Å². The molecule has 4 heteroatoms. The summed E-state index contributed by atoms with van der Waals surface area (Å²) in [5, 5.41) is 0.702. The maximum absolute atomic E-state index is 13.0. The molecule has 0 saturated heterocycles. The van der Waals surface area contributed by atoms with Crippen LogP contribution in [0.5, 0.6) is 5.75 Å². The molecular weight excluding hydrogens is 370 g/mol. The lowest BCUT2D eigenvalue weighted by atomic mass is 9.97. The van der Waals surface area contributed by atoms with E-state index in [-0.39, 0.29) is 12.0 Å². The Balaban J connectivity index is 1.53. The highest BCUT2D eigenvalue weighted by Gasteiger charge is 2.27. The molecule has 0 spiro atoms. The summed E-state index contributed by atoms with van der Waals surface area (Å²) in [6.45, 7) is 3.29. The van der Waals surface area contributed by atoms with Crippen molar-refractivity contribution in [2.24, 2.45) is 0 Å². The third-order valence-corrected chi connectivity index (χ3v) is 5.39. The Kier molecular flexibility index (Phi) is 5.36. The summed E-state index contributed by atoms with van der Waals surface area (Å²) in [4.78, 5) is 14.9. The topological polar surface area (TPSA) is 29.5 Å². The smallest absolute Gasteiger partial charge is 0.254 e. The zero-order valence-corrected chi connectivity index (χ0v) is 16.5. The number of hydrogen-bond acceptors (Lipinski definition) is 2. The molecule has 1 amide bonds. The fraction of sp³-hybridized carbons (Fsp3) is 0.208. The van der Waals surface area contributed by atoms with E-state index in [0.717, 1.165) is 34.4 Å². The molecule has 1 heterocycles. The fourth-order valence-corrected chi connectivity index (χ4v) is 3.72. The second-order valence-electron chi connectivity index (χ2n) is 7.06. The number of nitrogens with zero attached hydrogens (tertiary/aromatic N) is 1. The van der Waals surface area contributed by atoms with Gasteiger partial charge in [0, 0.05) is 29.2 Å². The first-order valence-electron chi connectivity index (χ1n) is 9.49. The van der Waals surface area contributed by atoms with Crippen molar-refractivity contribution in [1.82, 2.24) is 4.90 Å². The Morgan fingerprint density at radius 2 is 1.75 bits per heavy atom. The van der Waals surface area contributed by atoms with Crippen molar-refractivity contribution in [3.8, 4) is 5.75 Å². The summed E-state index contributed by atoms with van der Waals surface area (Å²) in [5.41, 5.74) is 3.93. The monoisotopic (exact) mass is 391 g/mol. The number of halogens is 1. The first kappa shape index (κ1) is 18.6. The van der Waals surface area contributed by atoms with E-state index < -0.39 is 0 Å². The number of hydrogen-bond donors (Lipinski definition) is 0. The number of fused-ring (bicyclic) bond motifs is 1. The molecule has 1 aliphatic heterocycles. The van der Waals surface area contributed by atoms with Crippen LogP contribution < -0.4 is 4.74 Å². The molecule has 0 N–H and O–H groups in total. The number of amides is 1. The number of carbonyl (C=O) groups is 1. The SMILES string of the molecule is C[C@H](Oc1cccc2c1CCN(Cc1ccc(Cl)cc1)C2=O)c1ccccc1. The molecule has 0 aromatic heterocycles. The van der Waals surface area contributed by atoms with Gasteiger partial charge in [-0.3, -0.25) is 4.79 Å². The first-order valence-corrected chi connectivity index (χ1v) is 9.87. The van der Waals surface area contributed by atoms with Gasteiger partial charge in [0.15, 0.2) is 0 Å². The lowest BCUT2D eigenvalue weighted by molar-refractivity contribution is 0.0724. The predicted molar refractivity (Wildman–Crippen MR) is 112 cm³/mol. The molecule has 3 aromatic carbocycles. The van der Waals surface area contributed by atoms with Crippen molar-refractivity contribution < 1.29 is 9.53 Å². The van der Waals surface area contributed by atoms with Gasteiger partial charge in [0.05, 0.1) is 0 Å². The second kappa shape index (κ2) is 8.07. The van der Waals surface area contributed by atoms with Crippen LogP contribution in [-0.2, 0) is 13.0 Å². The molecule has 0 saturated carbocycles.